The van der Waals surface area contributed by atoms with Crippen molar-refractivity contribution in [1.82, 2.24) is 0 Å². The molecule has 2 rings (SSSR count). The van der Waals surface area contributed by atoms with Gasteiger partial charge in [-0.3, -0.25) is 4.79 Å². The van der Waals surface area contributed by atoms with Crippen molar-refractivity contribution in [2.24, 2.45) is 17.3 Å². The molecule has 0 aromatic rings. The fourth-order valence-electron chi connectivity index (χ4n) is 2.24. The van der Waals surface area contributed by atoms with E-state index in [2.05, 4.69) is 61.6 Å². The second-order valence-corrected chi connectivity index (χ2v) is 11.2. The summed E-state index contributed by atoms with van der Waals surface area (Å²) in [6.45, 7) is 4.21. The molecular weight excluding hydrogens is 368 g/mol. The first-order valence-electron chi connectivity index (χ1n) is 4.03. The van der Waals surface area contributed by atoms with Gasteiger partial charge in [0.25, 0.3) is 0 Å². The molecule has 0 amide bonds. The molecule has 0 aromatic carbocycles. The van der Waals surface area contributed by atoms with Gasteiger partial charge in [-0.25, -0.2) is 0 Å². The SMILES string of the molecule is CC1(C)[C@@H]2C(=O)OC(C(Br)(Br)Br)[C@@H]21. The van der Waals surface area contributed by atoms with Crippen molar-refractivity contribution in [3.05, 3.63) is 0 Å². The topological polar surface area (TPSA) is 26.3 Å². The van der Waals surface area contributed by atoms with Crippen LogP contribution in [0.5, 0.6) is 0 Å². The van der Waals surface area contributed by atoms with Gasteiger partial charge in [0.15, 0.2) is 2.14 Å². The first-order valence-corrected chi connectivity index (χ1v) is 6.41. The highest BCUT2D eigenvalue weighted by molar-refractivity contribution is 9.39. The maximum Gasteiger partial charge on any atom is 0.310 e. The Bertz CT molecular complexity index is 269. The standard InChI is InChI=1S/C8H9Br3O2/c1-7(2)3-4(7)6(12)13-5(3)8(9,10)11/h3-5H,1-2H3/t3-,4+,5?/m1/s1. The maximum absolute atomic E-state index is 11.4. The van der Waals surface area contributed by atoms with Crippen LogP contribution in [0.25, 0.3) is 0 Å². The third-order valence-corrected chi connectivity index (χ3v) is 4.41. The Labute approximate surface area is 102 Å². The lowest BCUT2D eigenvalue weighted by atomic mass is 10.1. The highest BCUT2D eigenvalue weighted by Crippen LogP contribution is 2.68. The number of esters is 1. The van der Waals surface area contributed by atoms with Crippen LogP contribution >= 0.6 is 47.8 Å². The van der Waals surface area contributed by atoms with Gasteiger partial charge in [0, 0.05) is 5.92 Å². The highest BCUT2D eigenvalue weighted by Gasteiger charge is 2.73. The lowest BCUT2D eigenvalue weighted by molar-refractivity contribution is -0.146. The van der Waals surface area contributed by atoms with Crippen LogP contribution in [0.4, 0.5) is 0 Å². The van der Waals surface area contributed by atoms with Crippen LogP contribution in [-0.2, 0) is 9.53 Å². The number of ether oxygens (including phenoxy) is 1. The van der Waals surface area contributed by atoms with Gasteiger partial charge < -0.3 is 4.74 Å². The van der Waals surface area contributed by atoms with E-state index in [0.717, 1.165) is 0 Å². The summed E-state index contributed by atoms with van der Waals surface area (Å²) in [6, 6.07) is 0. The normalized spacial score (nSPS) is 41.3. The van der Waals surface area contributed by atoms with E-state index in [1.54, 1.807) is 0 Å². The maximum atomic E-state index is 11.4. The van der Waals surface area contributed by atoms with Gasteiger partial charge in [0.1, 0.15) is 6.10 Å². The molecule has 0 N–H and O–H groups in total. The van der Waals surface area contributed by atoms with E-state index in [9.17, 15) is 4.79 Å². The largest absolute Gasteiger partial charge is 0.458 e. The van der Waals surface area contributed by atoms with Crippen LogP contribution in [0.3, 0.4) is 0 Å². The molecule has 1 aliphatic heterocycles. The summed E-state index contributed by atoms with van der Waals surface area (Å²) < 4.78 is 4.77. The quantitative estimate of drug-likeness (QED) is 0.480. The van der Waals surface area contributed by atoms with E-state index in [1.165, 1.54) is 0 Å². The van der Waals surface area contributed by atoms with Gasteiger partial charge >= 0.3 is 5.97 Å². The number of halogens is 3. The van der Waals surface area contributed by atoms with E-state index in [1.807, 2.05) is 0 Å². The number of rotatable bonds is 0. The fourth-order valence-corrected chi connectivity index (χ4v) is 3.37. The molecule has 0 radical (unpaired) electrons. The average molecular weight is 377 g/mol. The molecule has 1 saturated heterocycles. The number of alkyl halides is 3. The molecule has 1 aliphatic carbocycles. The van der Waals surface area contributed by atoms with E-state index in [4.69, 9.17) is 4.74 Å². The number of carbonyl (C=O) groups excluding carboxylic acids is 1. The van der Waals surface area contributed by atoms with Crippen LogP contribution in [-0.4, -0.2) is 14.2 Å². The van der Waals surface area contributed by atoms with Crippen molar-refractivity contribution in [2.75, 3.05) is 0 Å². The third-order valence-electron chi connectivity index (χ3n) is 3.06. The van der Waals surface area contributed by atoms with Gasteiger partial charge in [-0.2, -0.15) is 0 Å². The Morgan fingerprint density at radius 1 is 1.38 bits per heavy atom. The predicted octanol–water partition coefficient (Wildman–Crippen LogP) is 3.02. The van der Waals surface area contributed by atoms with Crippen molar-refractivity contribution < 1.29 is 9.53 Å². The Kier molecular flexibility index (Phi) is 2.19. The summed E-state index contributed by atoms with van der Waals surface area (Å²) in [6.07, 6.45) is -0.125. The first-order chi connectivity index (χ1) is 5.76. The van der Waals surface area contributed by atoms with Crippen molar-refractivity contribution in [2.45, 2.75) is 22.1 Å². The highest BCUT2D eigenvalue weighted by atomic mass is 80.0. The van der Waals surface area contributed by atoms with Crippen molar-refractivity contribution in [3.8, 4) is 0 Å². The molecule has 2 fully saturated rings. The minimum Gasteiger partial charge on any atom is -0.458 e. The van der Waals surface area contributed by atoms with Gasteiger partial charge in [-0.1, -0.05) is 61.6 Å². The zero-order valence-corrected chi connectivity index (χ0v) is 11.9. The molecule has 1 heterocycles. The van der Waals surface area contributed by atoms with E-state index in [-0.39, 0.29) is 23.4 Å². The number of hydrogen-bond acceptors (Lipinski definition) is 2. The molecule has 2 nitrogen and oxygen atoms in total. The molecule has 0 aromatic heterocycles. The van der Waals surface area contributed by atoms with Gasteiger partial charge in [-0.05, 0) is 5.41 Å². The van der Waals surface area contributed by atoms with Gasteiger partial charge in [-0.15, -0.1) is 0 Å². The summed E-state index contributed by atoms with van der Waals surface area (Å²) >= 11 is 10.2. The summed E-state index contributed by atoms with van der Waals surface area (Å²) in [5.41, 5.74) is 0.0978. The number of cyclic esters (lactones) is 1. The predicted molar refractivity (Wildman–Crippen MR) is 60.2 cm³/mol. The van der Waals surface area contributed by atoms with Crippen LogP contribution in [0.1, 0.15) is 13.8 Å². The number of fused-ring (bicyclic) bond motifs is 1. The van der Waals surface area contributed by atoms with Crippen molar-refractivity contribution in [1.29, 1.82) is 0 Å². The third kappa shape index (κ3) is 1.42. The van der Waals surface area contributed by atoms with Crippen LogP contribution in [0.15, 0.2) is 0 Å². The van der Waals surface area contributed by atoms with Gasteiger partial charge in [0.2, 0.25) is 0 Å². The number of hydrogen-bond donors (Lipinski definition) is 0. The molecule has 2 aliphatic rings. The van der Waals surface area contributed by atoms with E-state index >= 15 is 0 Å². The second-order valence-electron chi connectivity index (χ2n) is 4.22. The summed E-state index contributed by atoms with van der Waals surface area (Å²) in [5.74, 6) is 0.338. The Hall–Kier alpha value is 0.910. The van der Waals surface area contributed by atoms with Crippen LogP contribution < -0.4 is 0 Å². The zero-order chi connectivity index (χ0) is 10.0. The Morgan fingerprint density at radius 3 is 2.15 bits per heavy atom. The molecule has 74 valence electrons. The fraction of sp³-hybridized carbons (Fsp3) is 0.875. The molecule has 0 bridgehead atoms. The Balaban J connectivity index is 2.24. The molecule has 5 heteroatoms. The summed E-state index contributed by atoms with van der Waals surface area (Å²) in [7, 11) is 0. The minimum atomic E-state index is -0.476. The Morgan fingerprint density at radius 2 is 1.92 bits per heavy atom. The van der Waals surface area contributed by atoms with Crippen molar-refractivity contribution in [3.63, 3.8) is 0 Å². The summed E-state index contributed by atoms with van der Waals surface area (Å²) in [5, 5.41) is 0. The van der Waals surface area contributed by atoms with E-state index in [0.29, 0.717) is 5.92 Å². The second kappa shape index (κ2) is 2.73. The molecule has 1 unspecified atom stereocenters. The van der Waals surface area contributed by atoms with Crippen LogP contribution in [0, 0.1) is 17.3 Å². The van der Waals surface area contributed by atoms with Crippen molar-refractivity contribution >= 4 is 53.8 Å². The molecule has 0 spiro atoms. The molecule has 1 saturated carbocycles. The molecule has 3 atom stereocenters. The monoisotopic (exact) mass is 374 g/mol. The minimum absolute atomic E-state index is 0.0669. The van der Waals surface area contributed by atoms with E-state index < -0.39 is 2.14 Å². The smallest absolute Gasteiger partial charge is 0.310 e. The first kappa shape index (κ1) is 10.4. The summed E-state index contributed by atoms with van der Waals surface area (Å²) in [4.78, 5) is 11.4. The lowest BCUT2D eigenvalue weighted by Crippen LogP contribution is -2.30. The molecular formula is C8H9Br3O2. The average Bonchev–Trinajstić information content (AvgIpc) is 2.35. The van der Waals surface area contributed by atoms with Gasteiger partial charge in [0.05, 0.1) is 5.92 Å². The lowest BCUT2D eigenvalue weighted by Gasteiger charge is -2.24. The zero-order valence-electron chi connectivity index (χ0n) is 7.18. The number of carbonyl (C=O) groups is 1. The molecule has 13 heavy (non-hydrogen) atoms. The van der Waals surface area contributed by atoms with Crippen LogP contribution in [0.2, 0.25) is 0 Å².